The number of hydrogen-bond donors (Lipinski definition) is 0. The van der Waals surface area contributed by atoms with Crippen LogP contribution in [0.25, 0.3) is 10.9 Å². The van der Waals surface area contributed by atoms with Gasteiger partial charge in [-0.25, -0.2) is 14.8 Å². The van der Waals surface area contributed by atoms with Gasteiger partial charge in [-0.05, 0) is 29.3 Å². The third kappa shape index (κ3) is 3.24. The van der Waals surface area contributed by atoms with Crippen LogP contribution in [0, 0.1) is 0 Å². The second-order valence-electron chi connectivity index (χ2n) is 4.70. The molecule has 0 unspecified atom stereocenters. The van der Waals surface area contributed by atoms with E-state index in [-0.39, 0.29) is 5.28 Å². The van der Waals surface area contributed by atoms with E-state index in [1.165, 1.54) is 7.11 Å². The van der Waals surface area contributed by atoms with Crippen LogP contribution in [0.2, 0.25) is 5.28 Å². The Hall–Kier alpha value is -1.47. The van der Waals surface area contributed by atoms with Crippen molar-refractivity contribution in [2.24, 2.45) is 0 Å². The minimum Gasteiger partial charge on any atom is -0.378 e. The van der Waals surface area contributed by atoms with E-state index in [1.807, 2.05) is 18.2 Å². The summed E-state index contributed by atoms with van der Waals surface area (Å²) in [5, 5.41) is 1.22. The Bertz CT molecular complexity index is 632. The van der Waals surface area contributed by atoms with Gasteiger partial charge in [-0.15, -0.1) is 0 Å². The summed E-state index contributed by atoms with van der Waals surface area (Å²) in [6.07, 6.45) is 0. The third-order valence-corrected chi connectivity index (χ3v) is 3.54. The van der Waals surface area contributed by atoms with Gasteiger partial charge >= 0.3 is 0 Å². The molecule has 1 saturated heterocycles. The molecule has 0 amide bonds. The Morgan fingerprint density at radius 3 is 2.86 bits per heavy atom. The number of nitrogens with zero attached hydrogens (tertiary/aromatic N) is 3. The number of anilines is 1. The maximum absolute atomic E-state index is 6.06. The first kappa shape index (κ1) is 14.5. The van der Waals surface area contributed by atoms with Gasteiger partial charge in [0, 0.05) is 18.5 Å². The average Bonchev–Trinajstić information content (AvgIpc) is 2.52. The maximum atomic E-state index is 6.06. The zero-order valence-corrected chi connectivity index (χ0v) is 12.5. The van der Waals surface area contributed by atoms with Gasteiger partial charge in [0.1, 0.15) is 12.4 Å². The lowest BCUT2D eigenvalue weighted by molar-refractivity contribution is -0.282. The first-order chi connectivity index (χ1) is 10.3. The van der Waals surface area contributed by atoms with Gasteiger partial charge in [-0.3, -0.25) is 0 Å². The van der Waals surface area contributed by atoms with E-state index < -0.39 is 0 Å². The van der Waals surface area contributed by atoms with Crippen LogP contribution in [0.15, 0.2) is 18.2 Å². The van der Waals surface area contributed by atoms with Crippen molar-refractivity contribution in [2.75, 3.05) is 38.3 Å². The summed E-state index contributed by atoms with van der Waals surface area (Å²) in [5.41, 5.74) is 1.76. The summed E-state index contributed by atoms with van der Waals surface area (Å²) in [7, 11) is 1.48. The van der Waals surface area contributed by atoms with E-state index in [1.54, 1.807) is 0 Å². The smallest absolute Gasteiger partial charge is 0.224 e. The number of halogens is 1. The van der Waals surface area contributed by atoms with E-state index in [9.17, 15) is 0 Å². The monoisotopic (exact) mass is 309 g/mol. The van der Waals surface area contributed by atoms with Crippen LogP contribution in [-0.4, -0.2) is 43.4 Å². The SMILES string of the molecule is COOCc1ccc2c(N3CCOCC3)nc(Cl)nc2c1. The second kappa shape index (κ2) is 6.53. The fraction of sp³-hybridized carbons (Fsp3) is 0.429. The van der Waals surface area contributed by atoms with Gasteiger partial charge in [0.15, 0.2) is 0 Å². The standard InChI is InChI=1S/C14H16ClN3O3/c1-19-21-9-10-2-3-11-12(8-10)16-14(15)17-13(11)18-4-6-20-7-5-18/h2-3,8H,4-7,9H2,1H3. The molecule has 0 spiro atoms. The zero-order chi connectivity index (χ0) is 14.7. The van der Waals surface area contributed by atoms with Gasteiger partial charge in [0.2, 0.25) is 5.28 Å². The van der Waals surface area contributed by atoms with Crippen LogP contribution in [0.3, 0.4) is 0 Å². The normalized spacial score (nSPS) is 15.6. The lowest BCUT2D eigenvalue weighted by atomic mass is 10.1. The van der Waals surface area contributed by atoms with Crippen LogP contribution < -0.4 is 4.90 Å². The highest BCUT2D eigenvalue weighted by atomic mass is 35.5. The fourth-order valence-corrected chi connectivity index (χ4v) is 2.53. The molecule has 7 heteroatoms. The molecule has 1 aliphatic rings. The molecule has 2 aromatic rings. The molecule has 112 valence electrons. The molecular weight excluding hydrogens is 294 g/mol. The summed E-state index contributed by atoms with van der Waals surface area (Å²) >= 11 is 6.06. The average molecular weight is 310 g/mol. The molecule has 0 saturated carbocycles. The molecule has 1 fully saturated rings. The number of benzene rings is 1. The van der Waals surface area contributed by atoms with Crippen molar-refractivity contribution in [3.63, 3.8) is 0 Å². The summed E-state index contributed by atoms with van der Waals surface area (Å²) < 4.78 is 5.38. The Kier molecular flexibility index (Phi) is 4.50. The highest BCUT2D eigenvalue weighted by molar-refractivity contribution is 6.28. The number of hydrogen-bond acceptors (Lipinski definition) is 6. The van der Waals surface area contributed by atoms with Crippen LogP contribution in [-0.2, 0) is 21.1 Å². The van der Waals surface area contributed by atoms with Crippen molar-refractivity contribution in [2.45, 2.75) is 6.61 Å². The second-order valence-corrected chi connectivity index (χ2v) is 5.03. The number of ether oxygens (including phenoxy) is 1. The first-order valence-corrected chi connectivity index (χ1v) is 7.10. The summed E-state index contributed by atoms with van der Waals surface area (Å²) in [6.45, 7) is 3.36. The number of morpholine rings is 1. The topological polar surface area (TPSA) is 56.7 Å². The number of fused-ring (bicyclic) bond motifs is 1. The van der Waals surface area contributed by atoms with E-state index >= 15 is 0 Å². The quantitative estimate of drug-likeness (QED) is 0.490. The summed E-state index contributed by atoms with van der Waals surface area (Å²) in [4.78, 5) is 20.4. The zero-order valence-electron chi connectivity index (χ0n) is 11.7. The highest BCUT2D eigenvalue weighted by Gasteiger charge is 2.17. The van der Waals surface area contributed by atoms with Crippen molar-refractivity contribution in [3.8, 4) is 0 Å². The molecule has 3 rings (SSSR count). The van der Waals surface area contributed by atoms with Gasteiger partial charge in [0.05, 0.1) is 25.8 Å². The molecular formula is C14H16ClN3O3. The number of aromatic nitrogens is 2. The van der Waals surface area contributed by atoms with Crippen molar-refractivity contribution in [1.29, 1.82) is 0 Å². The lowest BCUT2D eigenvalue weighted by Gasteiger charge is -2.28. The number of rotatable bonds is 4. The van der Waals surface area contributed by atoms with Crippen LogP contribution in [0.4, 0.5) is 5.82 Å². The Morgan fingerprint density at radius 2 is 2.10 bits per heavy atom. The van der Waals surface area contributed by atoms with E-state index in [0.717, 1.165) is 35.4 Å². The van der Waals surface area contributed by atoms with E-state index in [0.29, 0.717) is 19.8 Å². The highest BCUT2D eigenvalue weighted by Crippen LogP contribution is 2.27. The molecule has 0 radical (unpaired) electrons. The lowest BCUT2D eigenvalue weighted by Crippen LogP contribution is -2.37. The maximum Gasteiger partial charge on any atom is 0.224 e. The molecule has 0 N–H and O–H groups in total. The van der Waals surface area contributed by atoms with E-state index in [2.05, 4.69) is 19.8 Å². The Balaban J connectivity index is 1.99. The first-order valence-electron chi connectivity index (χ1n) is 6.72. The van der Waals surface area contributed by atoms with Crippen LogP contribution >= 0.6 is 11.6 Å². The predicted molar refractivity (Wildman–Crippen MR) is 79.4 cm³/mol. The van der Waals surface area contributed by atoms with Gasteiger partial charge < -0.3 is 9.64 Å². The molecule has 1 aliphatic heterocycles. The molecule has 0 aliphatic carbocycles. The summed E-state index contributed by atoms with van der Waals surface area (Å²) in [6, 6.07) is 5.90. The van der Waals surface area contributed by atoms with Crippen LogP contribution in [0.5, 0.6) is 0 Å². The fourth-order valence-electron chi connectivity index (χ4n) is 2.36. The van der Waals surface area contributed by atoms with E-state index in [4.69, 9.17) is 21.2 Å². The predicted octanol–water partition coefficient (Wildman–Crippen LogP) is 2.20. The van der Waals surface area contributed by atoms with Crippen molar-refractivity contribution >= 4 is 28.3 Å². The van der Waals surface area contributed by atoms with Gasteiger partial charge in [-0.2, -0.15) is 4.98 Å². The third-order valence-electron chi connectivity index (χ3n) is 3.37. The molecule has 1 aromatic heterocycles. The molecule has 0 atom stereocenters. The van der Waals surface area contributed by atoms with Crippen molar-refractivity contribution in [3.05, 3.63) is 29.0 Å². The molecule has 0 bridgehead atoms. The van der Waals surface area contributed by atoms with Gasteiger partial charge in [0.25, 0.3) is 0 Å². The molecule has 1 aromatic carbocycles. The summed E-state index contributed by atoms with van der Waals surface area (Å²) in [5.74, 6) is 0.854. The Labute approximate surface area is 127 Å². The Morgan fingerprint density at radius 1 is 1.29 bits per heavy atom. The van der Waals surface area contributed by atoms with Gasteiger partial charge in [-0.1, -0.05) is 6.07 Å². The molecule has 21 heavy (non-hydrogen) atoms. The largest absolute Gasteiger partial charge is 0.378 e. The van der Waals surface area contributed by atoms with Crippen molar-refractivity contribution in [1.82, 2.24) is 9.97 Å². The minimum absolute atomic E-state index is 0.244. The van der Waals surface area contributed by atoms with Crippen LogP contribution in [0.1, 0.15) is 5.56 Å². The minimum atomic E-state index is 0.244. The van der Waals surface area contributed by atoms with Crippen molar-refractivity contribution < 1.29 is 14.5 Å². The molecule has 2 heterocycles. The molecule has 6 nitrogen and oxygen atoms in total.